The molecule has 0 aliphatic heterocycles. The molecule has 2 heterocycles. The Morgan fingerprint density at radius 2 is 2.11 bits per heavy atom. The zero-order valence-electron chi connectivity index (χ0n) is 10.8. The molecule has 0 atom stereocenters. The van der Waals surface area contributed by atoms with Gasteiger partial charge < -0.3 is 4.42 Å². The highest BCUT2D eigenvalue weighted by Gasteiger charge is 2.02. The van der Waals surface area contributed by atoms with E-state index < -0.39 is 0 Å². The van der Waals surface area contributed by atoms with Gasteiger partial charge in [-0.1, -0.05) is 0 Å². The Balaban J connectivity index is 2.29. The van der Waals surface area contributed by atoms with Crippen LogP contribution in [0.2, 0.25) is 0 Å². The standard InChI is InChI=1S/C14H16N2O2/c1-4-16-11(3)12(9-15-16)5-6-14-8-13(17)7-10(2)18-14/h5-9H,4H2,1-3H3. The Morgan fingerprint density at radius 1 is 1.33 bits per heavy atom. The van der Waals surface area contributed by atoms with Crippen molar-refractivity contribution < 1.29 is 4.42 Å². The molecule has 4 heteroatoms. The minimum Gasteiger partial charge on any atom is -0.462 e. The van der Waals surface area contributed by atoms with Crippen molar-refractivity contribution >= 4 is 12.2 Å². The minimum atomic E-state index is -0.0422. The molecule has 0 aromatic carbocycles. The number of nitrogens with zero attached hydrogens (tertiary/aromatic N) is 2. The summed E-state index contributed by atoms with van der Waals surface area (Å²) in [6.07, 6.45) is 5.51. The van der Waals surface area contributed by atoms with E-state index in [1.807, 2.05) is 30.8 Å². The van der Waals surface area contributed by atoms with Crippen molar-refractivity contribution in [2.24, 2.45) is 0 Å². The van der Waals surface area contributed by atoms with Crippen LogP contribution in [-0.4, -0.2) is 9.78 Å². The van der Waals surface area contributed by atoms with Gasteiger partial charge in [-0.3, -0.25) is 9.48 Å². The van der Waals surface area contributed by atoms with Crippen LogP contribution in [0.25, 0.3) is 12.2 Å². The fourth-order valence-electron chi connectivity index (χ4n) is 1.82. The molecule has 18 heavy (non-hydrogen) atoms. The predicted molar refractivity (Wildman–Crippen MR) is 71.3 cm³/mol. The fraction of sp³-hybridized carbons (Fsp3) is 0.286. The van der Waals surface area contributed by atoms with Gasteiger partial charge in [-0.25, -0.2) is 0 Å². The van der Waals surface area contributed by atoms with Gasteiger partial charge in [0.2, 0.25) is 0 Å². The molecule has 0 saturated carbocycles. The summed E-state index contributed by atoms with van der Waals surface area (Å²) in [5.41, 5.74) is 2.09. The van der Waals surface area contributed by atoms with Crippen molar-refractivity contribution in [1.82, 2.24) is 9.78 Å². The number of aromatic nitrogens is 2. The van der Waals surface area contributed by atoms with Crippen LogP contribution < -0.4 is 5.43 Å². The van der Waals surface area contributed by atoms with Gasteiger partial charge in [-0.2, -0.15) is 5.10 Å². The van der Waals surface area contributed by atoms with Crippen molar-refractivity contribution in [3.63, 3.8) is 0 Å². The van der Waals surface area contributed by atoms with E-state index >= 15 is 0 Å². The quantitative estimate of drug-likeness (QED) is 0.834. The summed E-state index contributed by atoms with van der Waals surface area (Å²) in [6.45, 7) is 6.67. The molecule has 4 nitrogen and oxygen atoms in total. The Hall–Kier alpha value is -2.10. The van der Waals surface area contributed by atoms with E-state index in [-0.39, 0.29) is 5.43 Å². The third-order valence-electron chi connectivity index (χ3n) is 2.78. The Bertz CT molecular complexity index is 635. The molecule has 0 bridgehead atoms. The van der Waals surface area contributed by atoms with Crippen LogP contribution in [0.5, 0.6) is 0 Å². The molecule has 0 unspecified atom stereocenters. The predicted octanol–water partition coefficient (Wildman–Crippen LogP) is 2.64. The lowest BCUT2D eigenvalue weighted by Crippen LogP contribution is -1.98. The molecule has 0 N–H and O–H groups in total. The van der Waals surface area contributed by atoms with Crippen molar-refractivity contribution in [3.05, 3.63) is 51.3 Å². The van der Waals surface area contributed by atoms with Crippen molar-refractivity contribution in [3.8, 4) is 0 Å². The highest BCUT2D eigenvalue weighted by atomic mass is 16.3. The summed E-state index contributed by atoms with van der Waals surface area (Å²) in [4.78, 5) is 11.3. The summed E-state index contributed by atoms with van der Waals surface area (Å²) >= 11 is 0. The van der Waals surface area contributed by atoms with E-state index in [1.165, 1.54) is 12.1 Å². The third kappa shape index (κ3) is 2.59. The Labute approximate surface area is 106 Å². The highest BCUT2D eigenvalue weighted by molar-refractivity contribution is 5.67. The smallest absolute Gasteiger partial charge is 0.185 e. The van der Waals surface area contributed by atoms with Crippen LogP contribution in [-0.2, 0) is 6.54 Å². The first-order chi connectivity index (χ1) is 8.60. The van der Waals surface area contributed by atoms with Crippen LogP contribution in [0.3, 0.4) is 0 Å². The maximum Gasteiger partial charge on any atom is 0.185 e. The zero-order valence-corrected chi connectivity index (χ0v) is 10.8. The molecule has 2 rings (SSSR count). The maximum absolute atomic E-state index is 11.3. The largest absolute Gasteiger partial charge is 0.462 e. The lowest BCUT2D eigenvalue weighted by molar-refractivity contribution is 0.505. The monoisotopic (exact) mass is 244 g/mol. The second-order valence-corrected chi connectivity index (χ2v) is 4.14. The summed E-state index contributed by atoms with van der Waals surface area (Å²) in [6, 6.07) is 2.95. The van der Waals surface area contributed by atoms with Gasteiger partial charge in [-0.15, -0.1) is 0 Å². The summed E-state index contributed by atoms with van der Waals surface area (Å²) in [5, 5.41) is 4.25. The minimum absolute atomic E-state index is 0.0422. The lowest BCUT2D eigenvalue weighted by atomic mass is 10.2. The van der Waals surface area contributed by atoms with Gasteiger partial charge in [0.1, 0.15) is 11.5 Å². The first kappa shape index (κ1) is 12.4. The molecule has 0 fully saturated rings. The second-order valence-electron chi connectivity index (χ2n) is 4.14. The van der Waals surface area contributed by atoms with Crippen LogP contribution in [0, 0.1) is 13.8 Å². The molecule has 0 saturated heterocycles. The van der Waals surface area contributed by atoms with Gasteiger partial charge in [0.25, 0.3) is 0 Å². The third-order valence-corrected chi connectivity index (χ3v) is 2.78. The molecule has 0 amide bonds. The first-order valence-electron chi connectivity index (χ1n) is 5.92. The SMILES string of the molecule is CCn1ncc(C=Cc2cc(=O)cc(C)o2)c1C. The van der Waals surface area contributed by atoms with Gasteiger partial charge in [0.15, 0.2) is 5.43 Å². The fourth-order valence-corrected chi connectivity index (χ4v) is 1.82. The average molecular weight is 244 g/mol. The van der Waals surface area contributed by atoms with Gasteiger partial charge in [0, 0.05) is 29.9 Å². The molecular weight excluding hydrogens is 228 g/mol. The van der Waals surface area contributed by atoms with Gasteiger partial charge in [0.05, 0.1) is 6.20 Å². The van der Waals surface area contributed by atoms with E-state index in [9.17, 15) is 4.79 Å². The zero-order chi connectivity index (χ0) is 13.1. The lowest BCUT2D eigenvalue weighted by Gasteiger charge is -1.98. The van der Waals surface area contributed by atoms with Crippen LogP contribution in [0.4, 0.5) is 0 Å². The van der Waals surface area contributed by atoms with Crippen LogP contribution >= 0.6 is 0 Å². The van der Waals surface area contributed by atoms with Crippen molar-refractivity contribution in [1.29, 1.82) is 0 Å². The Kier molecular flexibility index (Phi) is 3.46. The van der Waals surface area contributed by atoms with Gasteiger partial charge in [-0.05, 0) is 32.9 Å². The van der Waals surface area contributed by atoms with Crippen LogP contribution in [0.15, 0.2) is 27.5 Å². The number of rotatable bonds is 3. The normalized spacial score (nSPS) is 11.3. The van der Waals surface area contributed by atoms with E-state index in [2.05, 4.69) is 5.10 Å². The molecule has 0 spiro atoms. The number of hydrogen-bond donors (Lipinski definition) is 0. The second kappa shape index (κ2) is 5.04. The molecular formula is C14H16N2O2. The molecule has 2 aromatic heterocycles. The van der Waals surface area contributed by atoms with E-state index in [0.717, 1.165) is 17.8 Å². The first-order valence-corrected chi connectivity index (χ1v) is 5.92. The number of hydrogen-bond acceptors (Lipinski definition) is 3. The molecule has 0 aliphatic carbocycles. The molecule has 0 aliphatic rings. The number of aryl methyl sites for hydroxylation is 2. The summed E-state index contributed by atoms with van der Waals surface area (Å²) < 4.78 is 7.36. The highest BCUT2D eigenvalue weighted by Crippen LogP contribution is 2.12. The van der Waals surface area contributed by atoms with E-state index in [0.29, 0.717) is 11.5 Å². The van der Waals surface area contributed by atoms with Crippen molar-refractivity contribution in [2.75, 3.05) is 0 Å². The van der Waals surface area contributed by atoms with E-state index in [4.69, 9.17) is 4.42 Å². The van der Waals surface area contributed by atoms with Crippen LogP contribution in [0.1, 0.15) is 29.7 Å². The Morgan fingerprint density at radius 3 is 2.72 bits per heavy atom. The molecule has 2 aromatic rings. The summed E-state index contributed by atoms with van der Waals surface area (Å²) in [7, 11) is 0. The van der Waals surface area contributed by atoms with Crippen molar-refractivity contribution in [2.45, 2.75) is 27.3 Å². The van der Waals surface area contributed by atoms with Gasteiger partial charge >= 0.3 is 0 Å². The van der Waals surface area contributed by atoms with E-state index in [1.54, 1.807) is 13.0 Å². The average Bonchev–Trinajstić information content (AvgIpc) is 2.66. The summed E-state index contributed by atoms with van der Waals surface area (Å²) in [5.74, 6) is 1.17. The maximum atomic E-state index is 11.3. The topological polar surface area (TPSA) is 48.0 Å². The molecule has 94 valence electrons. The molecule has 0 radical (unpaired) electrons.